The van der Waals surface area contributed by atoms with Crippen molar-refractivity contribution in [3.63, 3.8) is 0 Å². The number of fused-ring (bicyclic) bond motifs is 2. The summed E-state index contributed by atoms with van der Waals surface area (Å²) in [6.07, 6.45) is -4.12. The van der Waals surface area contributed by atoms with Gasteiger partial charge in [0.05, 0.1) is 20.3 Å². The second-order valence-electron chi connectivity index (χ2n) is 8.71. The zero-order valence-electron chi connectivity index (χ0n) is 19.3. The number of alkyl halides is 3. The quantitative estimate of drug-likeness (QED) is 0.576. The lowest BCUT2D eigenvalue weighted by atomic mass is 9.96. The molecule has 184 valence electrons. The van der Waals surface area contributed by atoms with E-state index in [1.165, 1.54) is 25.8 Å². The van der Waals surface area contributed by atoms with Gasteiger partial charge in [0.25, 0.3) is 5.91 Å². The van der Waals surface area contributed by atoms with Gasteiger partial charge in [0.2, 0.25) is 0 Å². The number of hydrogen-bond acceptors (Lipinski definition) is 5. The molecule has 0 bridgehead atoms. The van der Waals surface area contributed by atoms with Crippen LogP contribution >= 0.6 is 0 Å². The molecule has 1 N–H and O–H groups in total. The lowest BCUT2D eigenvalue weighted by Crippen LogP contribution is -2.37. The zero-order valence-corrected chi connectivity index (χ0v) is 19.3. The van der Waals surface area contributed by atoms with E-state index >= 15 is 0 Å². The van der Waals surface area contributed by atoms with Crippen LogP contribution in [0.4, 0.5) is 19.0 Å². The van der Waals surface area contributed by atoms with Crippen molar-refractivity contribution >= 4 is 11.7 Å². The van der Waals surface area contributed by atoms with Crippen LogP contribution in [0.1, 0.15) is 45.7 Å². The highest BCUT2D eigenvalue weighted by Gasteiger charge is 2.47. The Labute approximate surface area is 200 Å². The summed E-state index contributed by atoms with van der Waals surface area (Å²) < 4.78 is 53.7. The van der Waals surface area contributed by atoms with E-state index in [4.69, 9.17) is 9.47 Å². The van der Waals surface area contributed by atoms with E-state index in [9.17, 15) is 18.0 Å². The number of nitrogens with zero attached hydrogens (tertiary/aromatic N) is 3. The number of amides is 1. The van der Waals surface area contributed by atoms with Crippen LogP contribution in [-0.4, -0.2) is 47.5 Å². The van der Waals surface area contributed by atoms with Gasteiger partial charge < -0.3 is 19.7 Å². The molecule has 0 spiro atoms. The van der Waals surface area contributed by atoms with E-state index in [1.807, 2.05) is 24.3 Å². The highest BCUT2D eigenvalue weighted by molar-refractivity contribution is 5.93. The molecule has 10 heteroatoms. The first-order chi connectivity index (χ1) is 16.8. The van der Waals surface area contributed by atoms with E-state index in [0.29, 0.717) is 36.6 Å². The topological polar surface area (TPSA) is 68.6 Å². The number of benzene rings is 2. The molecule has 2 aromatic carbocycles. The number of carbonyl (C=O) groups excluding carboxylic acids is 1. The number of methoxy groups -OCH3 is 2. The number of carbonyl (C=O) groups is 1. The molecule has 3 heterocycles. The van der Waals surface area contributed by atoms with Crippen molar-refractivity contribution in [3.05, 3.63) is 70.9 Å². The molecule has 0 aliphatic carbocycles. The Morgan fingerprint density at radius 1 is 1.06 bits per heavy atom. The van der Waals surface area contributed by atoms with Crippen molar-refractivity contribution in [1.29, 1.82) is 0 Å². The lowest BCUT2D eigenvalue weighted by molar-refractivity contribution is -0.173. The molecule has 2 atom stereocenters. The van der Waals surface area contributed by atoms with Gasteiger partial charge in [-0.2, -0.15) is 18.3 Å². The Morgan fingerprint density at radius 2 is 1.80 bits per heavy atom. The number of nitrogens with one attached hydrogen (secondary N) is 1. The summed E-state index contributed by atoms with van der Waals surface area (Å²) in [5.74, 6) is 0.682. The number of halogens is 3. The zero-order chi connectivity index (χ0) is 24.7. The van der Waals surface area contributed by atoms with Crippen molar-refractivity contribution < 1.29 is 27.4 Å². The molecule has 2 aliphatic heterocycles. The minimum atomic E-state index is -4.54. The Hall–Kier alpha value is -3.69. The molecule has 0 fully saturated rings. The van der Waals surface area contributed by atoms with Crippen molar-refractivity contribution in [2.45, 2.75) is 37.6 Å². The summed E-state index contributed by atoms with van der Waals surface area (Å²) in [6, 6.07) is 11.8. The summed E-state index contributed by atoms with van der Waals surface area (Å²) in [5.41, 5.74) is 2.83. The molecule has 0 saturated carbocycles. The highest BCUT2D eigenvalue weighted by atomic mass is 19.4. The molecule has 0 saturated heterocycles. The van der Waals surface area contributed by atoms with Gasteiger partial charge in [0, 0.05) is 25.6 Å². The molecule has 1 aromatic heterocycles. The van der Waals surface area contributed by atoms with Crippen LogP contribution < -0.4 is 14.8 Å². The van der Waals surface area contributed by atoms with E-state index in [-0.39, 0.29) is 23.8 Å². The summed E-state index contributed by atoms with van der Waals surface area (Å²) in [7, 11) is 2.97. The van der Waals surface area contributed by atoms with Crippen LogP contribution in [-0.2, 0) is 13.0 Å². The molecule has 1 amide bonds. The average Bonchev–Trinajstić information content (AvgIpc) is 3.30. The third-order valence-corrected chi connectivity index (χ3v) is 6.64. The van der Waals surface area contributed by atoms with Crippen LogP contribution in [0.5, 0.6) is 11.5 Å². The van der Waals surface area contributed by atoms with Gasteiger partial charge in [-0.25, -0.2) is 4.68 Å². The number of anilines is 1. The van der Waals surface area contributed by atoms with Gasteiger partial charge >= 0.3 is 6.18 Å². The van der Waals surface area contributed by atoms with Gasteiger partial charge in [0.15, 0.2) is 23.2 Å². The van der Waals surface area contributed by atoms with Gasteiger partial charge in [-0.15, -0.1) is 0 Å². The van der Waals surface area contributed by atoms with Gasteiger partial charge in [-0.1, -0.05) is 30.3 Å². The first kappa shape index (κ1) is 23.1. The van der Waals surface area contributed by atoms with E-state index in [1.54, 1.807) is 23.1 Å². The summed E-state index contributed by atoms with van der Waals surface area (Å²) in [5, 5.41) is 7.25. The smallest absolute Gasteiger partial charge is 0.410 e. The van der Waals surface area contributed by atoms with Crippen LogP contribution in [0.15, 0.2) is 48.5 Å². The number of rotatable bonds is 4. The monoisotopic (exact) mass is 486 g/mol. The van der Waals surface area contributed by atoms with Crippen LogP contribution in [0, 0.1) is 0 Å². The Bertz CT molecular complexity index is 1260. The SMILES string of the molecule is COc1ccc([C@H]2C[C@H](C(F)(F)F)n3nc(C(=O)N4CCc5ccccc5C4)cc3N2)cc1OC. The van der Waals surface area contributed by atoms with Crippen molar-refractivity contribution in [3.8, 4) is 11.5 Å². The number of aromatic nitrogens is 2. The molecular formula is C25H25F3N4O3. The molecule has 0 radical (unpaired) electrons. The first-order valence-corrected chi connectivity index (χ1v) is 11.3. The van der Waals surface area contributed by atoms with Crippen LogP contribution in [0.3, 0.4) is 0 Å². The third kappa shape index (κ3) is 4.28. The van der Waals surface area contributed by atoms with E-state index in [2.05, 4.69) is 10.4 Å². The van der Waals surface area contributed by atoms with E-state index in [0.717, 1.165) is 10.2 Å². The van der Waals surface area contributed by atoms with Crippen molar-refractivity contribution in [2.24, 2.45) is 0 Å². The Balaban J connectivity index is 1.44. The van der Waals surface area contributed by atoms with Crippen LogP contribution in [0.25, 0.3) is 0 Å². The maximum atomic E-state index is 14.1. The molecule has 35 heavy (non-hydrogen) atoms. The fourth-order valence-electron chi connectivity index (χ4n) is 4.80. The normalized spacial score (nSPS) is 19.4. The second kappa shape index (κ2) is 8.83. The van der Waals surface area contributed by atoms with Crippen LogP contribution in [0.2, 0.25) is 0 Å². The Morgan fingerprint density at radius 3 is 2.51 bits per heavy atom. The maximum Gasteiger partial charge on any atom is 0.410 e. The predicted molar refractivity (Wildman–Crippen MR) is 123 cm³/mol. The van der Waals surface area contributed by atoms with Gasteiger partial charge in [-0.3, -0.25) is 4.79 Å². The maximum absolute atomic E-state index is 14.1. The van der Waals surface area contributed by atoms with E-state index < -0.39 is 18.3 Å². The predicted octanol–water partition coefficient (Wildman–Crippen LogP) is 4.76. The molecule has 0 unspecified atom stereocenters. The Kier molecular flexibility index (Phi) is 5.82. The first-order valence-electron chi connectivity index (χ1n) is 11.3. The van der Waals surface area contributed by atoms with Gasteiger partial charge in [0.1, 0.15) is 5.82 Å². The number of ether oxygens (including phenoxy) is 2. The second-order valence-corrected chi connectivity index (χ2v) is 8.71. The molecule has 2 aliphatic rings. The van der Waals surface area contributed by atoms with Crippen molar-refractivity contribution in [2.75, 3.05) is 26.1 Å². The van der Waals surface area contributed by atoms with Crippen molar-refractivity contribution in [1.82, 2.24) is 14.7 Å². The number of hydrogen-bond donors (Lipinski definition) is 1. The fraction of sp³-hybridized carbons (Fsp3) is 0.360. The standard InChI is InChI=1S/C25H25F3N4O3/c1-34-20-8-7-16(11-21(20)35-2)18-12-22(25(26,27)28)32-23(29-18)13-19(30-32)24(33)31-10-9-15-5-3-4-6-17(15)14-31/h3-8,11,13,18,22,29H,9-10,12,14H2,1-2H3/t18-,22-/m1/s1. The highest BCUT2D eigenvalue weighted by Crippen LogP contribution is 2.44. The summed E-state index contributed by atoms with van der Waals surface area (Å²) >= 11 is 0. The fourth-order valence-corrected chi connectivity index (χ4v) is 4.80. The summed E-state index contributed by atoms with van der Waals surface area (Å²) in [4.78, 5) is 14.8. The van der Waals surface area contributed by atoms with Gasteiger partial charge in [-0.05, 0) is 35.2 Å². The molecule has 5 rings (SSSR count). The third-order valence-electron chi connectivity index (χ3n) is 6.64. The average molecular weight is 486 g/mol. The lowest BCUT2D eigenvalue weighted by Gasteiger charge is -2.33. The largest absolute Gasteiger partial charge is 0.493 e. The minimum Gasteiger partial charge on any atom is -0.493 e. The molecule has 3 aromatic rings. The minimum absolute atomic E-state index is 0.00547. The molecule has 7 nitrogen and oxygen atoms in total. The molecular weight excluding hydrogens is 461 g/mol. The summed E-state index contributed by atoms with van der Waals surface area (Å²) in [6.45, 7) is 0.893.